The zero-order chi connectivity index (χ0) is 13.2. The molecule has 0 aliphatic rings. The first-order valence-electron chi connectivity index (χ1n) is 6.06. The number of pyridine rings is 1. The van der Waals surface area contributed by atoms with Gasteiger partial charge in [0.25, 0.3) is 0 Å². The van der Waals surface area contributed by atoms with Gasteiger partial charge in [0.15, 0.2) is 5.65 Å². The van der Waals surface area contributed by atoms with Gasteiger partial charge in [0.2, 0.25) is 0 Å². The summed E-state index contributed by atoms with van der Waals surface area (Å²) in [6.07, 6.45) is 3.66. The molecule has 2 heterocycles. The highest BCUT2D eigenvalue weighted by atomic mass is 79.9. The lowest BCUT2D eigenvalue weighted by molar-refractivity contribution is 0.839. The second kappa shape index (κ2) is 5.01. The second-order valence-corrected chi connectivity index (χ2v) is 5.31. The van der Waals surface area contributed by atoms with E-state index in [9.17, 15) is 0 Å². The molecule has 96 valence electrons. The highest BCUT2D eigenvalue weighted by Crippen LogP contribution is 2.16. The maximum absolute atomic E-state index is 5.95. The van der Waals surface area contributed by atoms with Crippen LogP contribution in [-0.2, 0) is 12.8 Å². The fourth-order valence-electron chi connectivity index (χ4n) is 2.09. The van der Waals surface area contributed by atoms with Crippen molar-refractivity contribution in [3.8, 4) is 0 Å². The molecule has 19 heavy (non-hydrogen) atoms. The smallest absolute Gasteiger partial charge is 0.160 e. The van der Waals surface area contributed by atoms with E-state index in [1.54, 1.807) is 0 Å². The minimum atomic E-state index is 0.811. The summed E-state index contributed by atoms with van der Waals surface area (Å²) >= 11 is 3.46. The number of aromatic nitrogens is 3. The van der Waals surface area contributed by atoms with Gasteiger partial charge in [-0.3, -0.25) is 4.40 Å². The predicted octanol–water partition coefficient (Wildman–Crippen LogP) is 2.86. The number of nitrogens with zero attached hydrogens (tertiary/aromatic N) is 3. The van der Waals surface area contributed by atoms with Crippen molar-refractivity contribution in [3.05, 3.63) is 58.5 Å². The zero-order valence-corrected chi connectivity index (χ0v) is 11.8. The van der Waals surface area contributed by atoms with E-state index in [1.807, 2.05) is 40.9 Å². The molecule has 0 fully saturated rings. The molecular weight excluding hydrogens is 304 g/mol. The summed E-state index contributed by atoms with van der Waals surface area (Å²) in [7, 11) is 0. The zero-order valence-electron chi connectivity index (χ0n) is 10.3. The van der Waals surface area contributed by atoms with Crippen LogP contribution in [0.15, 0.2) is 47.1 Å². The average Bonchev–Trinajstić information content (AvgIpc) is 2.80. The maximum Gasteiger partial charge on any atom is 0.160 e. The number of hydrogen-bond donors (Lipinski definition) is 1. The SMILES string of the molecule is Nc1ccccc1CCc1nnc2ccc(Br)cn12. The van der Waals surface area contributed by atoms with Crippen LogP contribution in [0.25, 0.3) is 5.65 Å². The van der Waals surface area contributed by atoms with Crippen molar-refractivity contribution in [3.63, 3.8) is 0 Å². The molecule has 0 aliphatic carbocycles. The van der Waals surface area contributed by atoms with E-state index in [4.69, 9.17) is 5.73 Å². The van der Waals surface area contributed by atoms with Crippen LogP contribution in [0, 0.1) is 0 Å². The molecule has 0 spiro atoms. The Morgan fingerprint density at radius 3 is 2.74 bits per heavy atom. The van der Waals surface area contributed by atoms with Crippen molar-refractivity contribution in [1.82, 2.24) is 14.6 Å². The van der Waals surface area contributed by atoms with Crippen LogP contribution in [0.5, 0.6) is 0 Å². The number of fused-ring (bicyclic) bond motifs is 1. The summed E-state index contributed by atoms with van der Waals surface area (Å²) in [6, 6.07) is 11.8. The quantitative estimate of drug-likeness (QED) is 0.756. The highest BCUT2D eigenvalue weighted by molar-refractivity contribution is 9.10. The molecule has 3 rings (SSSR count). The Morgan fingerprint density at radius 1 is 1.05 bits per heavy atom. The molecule has 0 bridgehead atoms. The van der Waals surface area contributed by atoms with Crippen LogP contribution in [0.4, 0.5) is 5.69 Å². The van der Waals surface area contributed by atoms with Crippen LogP contribution >= 0.6 is 15.9 Å². The van der Waals surface area contributed by atoms with Gasteiger partial charge in [0, 0.05) is 22.8 Å². The summed E-state index contributed by atoms with van der Waals surface area (Å²) < 4.78 is 3.02. The second-order valence-electron chi connectivity index (χ2n) is 4.39. The molecule has 5 heteroatoms. The molecule has 0 saturated carbocycles. The largest absolute Gasteiger partial charge is 0.399 e. The van der Waals surface area contributed by atoms with Gasteiger partial charge < -0.3 is 5.73 Å². The van der Waals surface area contributed by atoms with E-state index in [-0.39, 0.29) is 0 Å². The Morgan fingerprint density at radius 2 is 1.89 bits per heavy atom. The fourth-order valence-corrected chi connectivity index (χ4v) is 2.43. The Hall–Kier alpha value is -1.88. The first kappa shape index (κ1) is 12.2. The number of halogens is 1. The normalized spacial score (nSPS) is 11.0. The van der Waals surface area contributed by atoms with E-state index in [0.29, 0.717) is 0 Å². The minimum Gasteiger partial charge on any atom is -0.399 e. The van der Waals surface area contributed by atoms with Gasteiger partial charge in [-0.2, -0.15) is 0 Å². The fraction of sp³-hybridized carbons (Fsp3) is 0.143. The van der Waals surface area contributed by atoms with Gasteiger partial charge >= 0.3 is 0 Å². The number of benzene rings is 1. The van der Waals surface area contributed by atoms with Crippen molar-refractivity contribution in [1.29, 1.82) is 0 Å². The van der Waals surface area contributed by atoms with Crippen LogP contribution in [0.2, 0.25) is 0 Å². The lowest BCUT2D eigenvalue weighted by Crippen LogP contribution is -2.00. The van der Waals surface area contributed by atoms with E-state index in [2.05, 4.69) is 32.2 Å². The van der Waals surface area contributed by atoms with E-state index < -0.39 is 0 Å². The molecule has 0 radical (unpaired) electrons. The monoisotopic (exact) mass is 316 g/mol. The Labute approximate surface area is 119 Å². The van der Waals surface area contributed by atoms with Crippen molar-refractivity contribution >= 4 is 27.3 Å². The lowest BCUT2D eigenvalue weighted by Gasteiger charge is -2.04. The first-order chi connectivity index (χ1) is 9.24. The lowest BCUT2D eigenvalue weighted by atomic mass is 10.1. The summed E-state index contributed by atoms with van der Waals surface area (Å²) in [4.78, 5) is 0. The number of aryl methyl sites for hydroxylation is 2. The van der Waals surface area contributed by atoms with E-state index in [0.717, 1.165) is 40.0 Å². The van der Waals surface area contributed by atoms with E-state index in [1.165, 1.54) is 0 Å². The minimum absolute atomic E-state index is 0.811. The summed E-state index contributed by atoms with van der Waals surface area (Å²) in [5, 5.41) is 8.39. The molecule has 0 saturated heterocycles. The molecular formula is C14H13BrN4. The molecule has 3 aromatic rings. The summed E-state index contributed by atoms with van der Waals surface area (Å²) in [5.74, 6) is 0.944. The molecule has 2 aromatic heterocycles. The van der Waals surface area contributed by atoms with Crippen molar-refractivity contribution in [2.75, 3.05) is 5.73 Å². The van der Waals surface area contributed by atoms with Crippen molar-refractivity contribution in [2.45, 2.75) is 12.8 Å². The molecule has 2 N–H and O–H groups in total. The topological polar surface area (TPSA) is 56.2 Å². The van der Waals surface area contributed by atoms with Crippen LogP contribution < -0.4 is 5.73 Å². The van der Waals surface area contributed by atoms with Crippen molar-refractivity contribution in [2.24, 2.45) is 0 Å². The highest BCUT2D eigenvalue weighted by Gasteiger charge is 2.07. The number of anilines is 1. The Balaban J connectivity index is 1.86. The van der Waals surface area contributed by atoms with Gasteiger partial charge in [-0.05, 0) is 46.1 Å². The predicted molar refractivity (Wildman–Crippen MR) is 78.9 cm³/mol. The standard InChI is InChI=1S/C14H13BrN4/c15-11-6-8-14-18-17-13(19(14)9-11)7-5-10-3-1-2-4-12(10)16/h1-4,6,8-9H,5,7,16H2. The van der Waals surface area contributed by atoms with Gasteiger partial charge in [0.05, 0.1) is 0 Å². The number of nitrogen functional groups attached to an aromatic ring is 1. The number of hydrogen-bond acceptors (Lipinski definition) is 3. The molecule has 0 amide bonds. The molecule has 1 aromatic carbocycles. The first-order valence-corrected chi connectivity index (χ1v) is 6.86. The molecule has 0 unspecified atom stereocenters. The van der Waals surface area contributed by atoms with Gasteiger partial charge in [0.1, 0.15) is 5.82 Å². The van der Waals surface area contributed by atoms with Crippen molar-refractivity contribution < 1.29 is 0 Å². The maximum atomic E-state index is 5.95. The molecule has 0 atom stereocenters. The molecule has 4 nitrogen and oxygen atoms in total. The third kappa shape index (κ3) is 2.46. The number of rotatable bonds is 3. The van der Waals surface area contributed by atoms with Gasteiger partial charge in [-0.15, -0.1) is 10.2 Å². The molecule has 0 aliphatic heterocycles. The summed E-state index contributed by atoms with van der Waals surface area (Å²) in [5.41, 5.74) is 8.79. The van der Waals surface area contributed by atoms with E-state index >= 15 is 0 Å². The summed E-state index contributed by atoms with van der Waals surface area (Å²) in [6.45, 7) is 0. The third-order valence-electron chi connectivity index (χ3n) is 3.11. The van der Waals surface area contributed by atoms with Crippen LogP contribution in [-0.4, -0.2) is 14.6 Å². The van der Waals surface area contributed by atoms with Gasteiger partial charge in [-0.1, -0.05) is 18.2 Å². The van der Waals surface area contributed by atoms with Crippen LogP contribution in [0.3, 0.4) is 0 Å². The Bertz CT molecular complexity index is 720. The number of nitrogens with two attached hydrogens (primary N) is 1. The third-order valence-corrected chi connectivity index (χ3v) is 3.58. The Kier molecular flexibility index (Phi) is 3.21. The average molecular weight is 317 g/mol. The van der Waals surface area contributed by atoms with Gasteiger partial charge in [-0.25, -0.2) is 0 Å². The van der Waals surface area contributed by atoms with Crippen LogP contribution in [0.1, 0.15) is 11.4 Å². The number of para-hydroxylation sites is 1.